The molecule has 4 rings (SSSR count). The lowest BCUT2D eigenvalue weighted by Crippen LogP contribution is -2.51. The van der Waals surface area contributed by atoms with E-state index in [1.807, 2.05) is 39.8 Å². The molecule has 1 aromatic heterocycles. The Bertz CT molecular complexity index is 983. The molecule has 7 heteroatoms. The van der Waals surface area contributed by atoms with E-state index < -0.39 is 0 Å². The molecule has 0 radical (unpaired) electrons. The van der Waals surface area contributed by atoms with E-state index in [-0.39, 0.29) is 35.9 Å². The van der Waals surface area contributed by atoms with Crippen molar-refractivity contribution < 1.29 is 9.59 Å². The fourth-order valence-corrected chi connectivity index (χ4v) is 4.38. The third-order valence-corrected chi connectivity index (χ3v) is 5.81. The lowest BCUT2D eigenvalue weighted by molar-refractivity contribution is -0.132. The number of nitrogens with one attached hydrogen (secondary N) is 1. The van der Waals surface area contributed by atoms with Crippen molar-refractivity contribution in [3.8, 4) is 11.1 Å². The first-order chi connectivity index (χ1) is 13.9. The van der Waals surface area contributed by atoms with E-state index in [0.29, 0.717) is 19.6 Å². The Morgan fingerprint density at radius 2 is 1.83 bits per heavy atom. The Hall–Kier alpha value is -3.09. The van der Waals surface area contributed by atoms with Crippen LogP contribution in [0.3, 0.4) is 0 Å². The molecule has 152 valence electrons. The largest absolute Gasteiger partial charge is 0.340 e. The van der Waals surface area contributed by atoms with Crippen molar-refractivity contribution in [3.05, 3.63) is 58.5 Å². The molecule has 0 unspecified atom stereocenters. The van der Waals surface area contributed by atoms with Crippen LogP contribution in [0.1, 0.15) is 18.0 Å². The summed E-state index contributed by atoms with van der Waals surface area (Å²) in [7, 11) is 3.29. The third kappa shape index (κ3) is 3.90. The van der Waals surface area contributed by atoms with E-state index in [4.69, 9.17) is 0 Å². The summed E-state index contributed by atoms with van der Waals surface area (Å²) in [6.45, 7) is 1.82. The van der Waals surface area contributed by atoms with Gasteiger partial charge in [0.05, 0.1) is 6.54 Å². The van der Waals surface area contributed by atoms with Crippen molar-refractivity contribution in [2.24, 2.45) is 5.92 Å². The quantitative estimate of drug-likeness (QED) is 0.862. The zero-order chi connectivity index (χ0) is 20.5. The summed E-state index contributed by atoms with van der Waals surface area (Å²) in [6, 6.07) is 13.4. The molecule has 2 aliphatic heterocycles. The highest BCUT2D eigenvalue weighted by molar-refractivity contribution is 5.84. The number of pyridine rings is 1. The molecule has 1 fully saturated rings. The molecule has 3 amide bonds. The van der Waals surface area contributed by atoms with Gasteiger partial charge in [0.15, 0.2) is 0 Å². The summed E-state index contributed by atoms with van der Waals surface area (Å²) >= 11 is 0. The van der Waals surface area contributed by atoms with Gasteiger partial charge in [0.25, 0.3) is 5.56 Å². The monoisotopic (exact) mass is 394 g/mol. The van der Waals surface area contributed by atoms with Gasteiger partial charge in [-0.3, -0.25) is 9.59 Å². The minimum absolute atomic E-state index is 0.00663. The summed E-state index contributed by atoms with van der Waals surface area (Å²) in [5.74, 6) is 0.312. The lowest BCUT2D eigenvalue weighted by atomic mass is 9.82. The average molecular weight is 394 g/mol. The Morgan fingerprint density at radius 1 is 1.07 bits per heavy atom. The van der Waals surface area contributed by atoms with E-state index in [0.717, 1.165) is 23.2 Å². The van der Waals surface area contributed by atoms with Crippen LogP contribution >= 0.6 is 0 Å². The van der Waals surface area contributed by atoms with Crippen LogP contribution in [0.4, 0.5) is 4.79 Å². The maximum Gasteiger partial charge on any atom is 0.317 e. The van der Waals surface area contributed by atoms with Crippen LogP contribution in [0.2, 0.25) is 0 Å². The molecule has 1 aromatic carbocycles. The van der Waals surface area contributed by atoms with Crippen LogP contribution in [0, 0.1) is 5.92 Å². The van der Waals surface area contributed by atoms with Gasteiger partial charge >= 0.3 is 6.03 Å². The van der Waals surface area contributed by atoms with Crippen molar-refractivity contribution in [2.45, 2.75) is 18.9 Å². The number of fused-ring (bicyclic) bond motifs is 4. The van der Waals surface area contributed by atoms with Crippen molar-refractivity contribution in [3.63, 3.8) is 0 Å². The Morgan fingerprint density at radius 3 is 2.55 bits per heavy atom. The molecule has 3 heterocycles. The van der Waals surface area contributed by atoms with Crippen molar-refractivity contribution in [1.82, 2.24) is 19.7 Å². The average Bonchev–Trinajstić information content (AvgIpc) is 2.72. The Kier molecular flexibility index (Phi) is 5.13. The minimum atomic E-state index is -0.278. The molecule has 0 aliphatic carbocycles. The standard InChI is InChI=1S/C22H26N4O3/c1-24(2)22(29)23-11-21(28)25-12-15-8-18(14-25)19-9-17(10-20(27)26(19)13-15)16-6-4-3-5-7-16/h3-7,9-10,15,18H,8,11-14H2,1-2H3,(H,23,29)/t15-,18+/m0/s1. The summed E-state index contributed by atoms with van der Waals surface area (Å²) < 4.78 is 1.88. The molecule has 1 N–H and O–H groups in total. The van der Waals surface area contributed by atoms with E-state index in [1.54, 1.807) is 20.2 Å². The minimum Gasteiger partial charge on any atom is -0.340 e. The number of piperidine rings is 1. The highest BCUT2D eigenvalue weighted by Crippen LogP contribution is 2.36. The number of amides is 3. The first kappa shape index (κ1) is 19.2. The predicted octanol–water partition coefficient (Wildman–Crippen LogP) is 1.73. The molecule has 1 saturated heterocycles. The summed E-state index contributed by atoms with van der Waals surface area (Å²) in [4.78, 5) is 40.4. The molecule has 2 aliphatic rings. The number of hydrogen-bond acceptors (Lipinski definition) is 3. The van der Waals surface area contributed by atoms with E-state index in [9.17, 15) is 14.4 Å². The predicted molar refractivity (Wildman–Crippen MR) is 111 cm³/mol. The van der Waals surface area contributed by atoms with Crippen LogP contribution in [0.15, 0.2) is 47.3 Å². The second kappa shape index (κ2) is 7.73. The number of carbonyl (C=O) groups excluding carboxylic acids is 2. The Balaban J connectivity index is 1.55. The first-order valence-corrected chi connectivity index (χ1v) is 9.95. The zero-order valence-corrected chi connectivity index (χ0v) is 16.8. The van der Waals surface area contributed by atoms with E-state index in [1.165, 1.54) is 4.90 Å². The molecule has 0 saturated carbocycles. The topological polar surface area (TPSA) is 74.7 Å². The fourth-order valence-electron chi connectivity index (χ4n) is 4.38. The van der Waals surface area contributed by atoms with Crippen LogP contribution in [0.25, 0.3) is 11.1 Å². The molecule has 29 heavy (non-hydrogen) atoms. The van der Waals surface area contributed by atoms with Gasteiger partial charge in [-0.05, 0) is 29.5 Å². The number of benzene rings is 1. The maximum absolute atomic E-state index is 12.8. The molecular formula is C22H26N4O3. The fraction of sp³-hybridized carbons (Fsp3) is 0.409. The highest BCUT2D eigenvalue weighted by Gasteiger charge is 2.36. The molecule has 2 atom stereocenters. The molecule has 2 bridgehead atoms. The summed E-state index contributed by atoms with van der Waals surface area (Å²) in [5.41, 5.74) is 2.96. The lowest BCUT2D eigenvalue weighted by Gasteiger charge is -2.43. The number of urea groups is 1. The van der Waals surface area contributed by atoms with Gasteiger partial charge in [-0.2, -0.15) is 0 Å². The smallest absolute Gasteiger partial charge is 0.317 e. The van der Waals surface area contributed by atoms with Gasteiger partial charge in [-0.15, -0.1) is 0 Å². The van der Waals surface area contributed by atoms with E-state index >= 15 is 0 Å². The number of carbonyl (C=O) groups is 2. The van der Waals surface area contributed by atoms with Gasteiger partial charge in [-0.25, -0.2) is 4.79 Å². The maximum atomic E-state index is 12.8. The number of aromatic nitrogens is 1. The van der Waals surface area contributed by atoms with Crippen molar-refractivity contribution in [1.29, 1.82) is 0 Å². The van der Waals surface area contributed by atoms with Gasteiger partial charge in [-0.1, -0.05) is 30.3 Å². The first-order valence-electron chi connectivity index (χ1n) is 9.95. The Labute approximate surface area is 169 Å². The van der Waals surface area contributed by atoms with Crippen LogP contribution in [0.5, 0.6) is 0 Å². The number of likely N-dealkylation sites (tertiary alicyclic amines) is 1. The van der Waals surface area contributed by atoms with Gasteiger partial charge in [0.1, 0.15) is 0 Å². The van der Waals surface area contributed by atoms with Crippen LogP contribution in [-0.2, 0) is 11.3 Å². The van der Waals surface area contributed by atoms with Crippen LogP contribution in [-0.4, -0.2) is 60.0 Å². The second-order valence-electron chi connectivity index (χ2n) is 8.13. The van der Waals surface area contributed by atoms with Gasteiger partial charge < -0.3 is 19.7 Å². The van der Waals surface area contributed by atoms with Crippen molar-refractivity contribution in [2.75, 3.05) is 33.7 Å². The number of nitrogens with zero attached hydrogens (tertiary/aromatic N) is 3. The molecule has 2 aromatic rings. The van der Waals surface area contributed by atoms with Crippen molar-refractivity contribution >= 4 is 11.9 Å². The normalized spacial score (nSPS) is 20.0. The van der Waals surface area contributed by atoms with Gasteiger partial charge in [0.2, 0.25) is 5.91 Å². The summed E-state index contributed by atoms with van der Waals surface area (Å²) in [5, 5.41) is 2.64. The number of rotatable bonds is 3. The SMILES string of the molecule is CN(C)C(=O)NCC(=O)N1C[C@@H]2C[C@H](C1)c1cc(-c3ccccc3)cc(=O)n1C2. The van der Waals surface area contributed by atoms with E-state index in [2.05, 4.69) is 11.4 Å². The third-order valence-electron chi connectivity index (χ3n) is 5.81. The van der Waals surface area contributed by atoms with Gasteiger partial charge in [0, 0.05) is 51.4 Å². The second-order valence-corrected chi connectivity index (χ2v) is 8.13. The zero-order valence-electron chi connectivity index (χ0n) is 16.8. The molecule has 0 spiro atoms. The molecule has 7 nitrogen and oxygen atoms in total. The molecular weight excluding hydrogens is 368 g/mol. The van der Waals surface area contributed by atoms with Crippen LogP contribution < -0.4 is 10.9 Å². The highest BCUT2D eigenvalue weighted by atomic mass is 16.2. The number of hydrogen-bond donors (Lipinski definition) is 1. The summed E-state index contributed by atoms with van der Waals surface area (Å²) in [6.07, 6.45) is 0.978.